The van der Waals surface area contributed by atoms with Crippen LogP contribution in [0.3, 0.4) is 0 Å². The number of halogens is 1. The van der Waals surface area contributed by atoms with Crippen LogP contribution in [0.2, 0.25) is 0 Å². The quantitative estimate of drug-likeness (QED) is 0.507. The highest BCUT2D eigenvalue weighted by atomic mass is 127. The Morgan fingerprint density at radius 1 is 1.08 bits per heavy atom. The van der Waals surface area contributed by atoms with Crippen LogP contribution < -0.4 is 10.6 Å². The van der Waals surface area contributed by atoms with Crippen LogP contribution in [-0.4, -0.2) is 30.9 Å². The fraction of sp³-hybridized carbons (Fsp3) is 0.211. The lowest BCUT2D eigenvalue weighted by molar-refractivity contribution is -0.142. The molecule has 0 unspecified atom stereocenters. The molecule has 26 heavy (non-hydrogen) atoms. The van der Waals surface area contributed by atoms with Crippen LogP contribution in [0, 0.1) is 3.57 Å². The monoisotopic (exact) mass is 466 g/mol. The molecule has 0 spiro atoms. The normalized spacial score (nSPS) is 11.3. The third-order valence-corrected chi connectivity index (χ3v) is 4.35. The average molecular weight is 466 g/mol. The summed E-state index contributed by atoms with van der Waals surface area (Å²) < 4.78 is 5.89. The molecule has 0 bridgehead atoms. The minimum Gasteiger partial charge on any atom is -0.467 e. The van der Waals surface area contributed by atoms with Crippen LogP contribution >= 0.6 is 22.6 Å². The molecule has 7 heteroatoms. The van der Waals surface area contributed by atoms with Gasteiger partial charge in [-0.3, -0.25) is 9.59 Å². The van der Waals surface area contributed by atoms with Gasteiger partial charge in [0.2, 0.25) is 5.91 Å². The molecule has 6 nitrogen and oxygen atoms in total. The number of benzene rings is 2. The first-order chi connectivity index (χ1) is 12.4. The van der Waals surface area contributed by atoms with Crippen LogP contribution in [0.25, 0.3) is 0 Å². The Morgan fingerprint density at radius 3 is 2.35 bits per heavy atom. The van der Waals surface area contributed by atoms with E-state index in [1.807, 2.05) is 24.3 Å². The molecular weight excluding hydrogens is 447 g/mol. The predicted octanol–water partition coefficient (Wildman–Crippen LogP) is 2.76. The number of para-hydroxylation sites is 1. The molecule has 2 aromatic carbocycles. The number of nitrogens with one attached hydrogen (secondary N) is 2. The highest BCUT2D eigenvalue weighted by molar-refractivity contribution is 14.1. The lowest BCUT2D eigenvalue weighted by Gasteiger charge is -2.18. The van der Waals surface area contributed by atoms with E-state index in [4.69, 9.17) is 4.74 Å². The third kappa shape index (κ3) is 5.55. The van der Waals surface area contributed by atoms with Gasteiger partial charge in [-0.2, -0.15) is 0 Å². The number of amides is 2. The first-order valence-corrected chi connectivity index (χ1v) is 8.98. The Bertz CT molecular complexity index is 805. The van der Waals surface area contributed by atoms with E-state index in [1.165, 1.54) is 14.0 Å². The molecule has 1 atom stereocenters. The molecule has 0 aliphatic rings. The summed E-state index contributed by atoms with van der Waals surface area (Å²) in [6.07, 6.45) is 0.303. The Kier molecular flexibility index (Phi) is 7.14. The molecule has 0 saturated carbocycles. The van der Waals surface area contributed by atoms with E-state index in [2.05, 4.69) is 33.2 Å². The van der Waals surface area contributed by atoms with Gasteiger partial charge in [0.1, 0.15) is 6.04 Å². The number of anilines is 1. The summed E-state index contributed by atoms with van der Waals surface area (Å²) in [4.78, 5) is 36.1. The number of hydrogen-bond donors (Lipinski definition) is 2. The largest absolute Gasteiger partial charge is 0.467 e. The smallest absolute Gasteiger partial charge is 0.328 e. The predicted molar refractivity (Wildman–Crippen MR) is 107 cm³/mol. The van der Waals surface area contributed by atoms with Crippen LogP contribution in [-0.2, 0) is 20.7 Å². The molecule has 0 radical (unpaired) electrons. The Labute approximate surface area is 165 Å². The lowest BCUT2D eigenvalue weighted by Crippen LogP contribution is -2.43. The molecule has 0 aromatic heterocycles. The standard InChI is InChI=1S/C19H19IN2O4/c1-12(23)21-16-6-4-3-5-15(16)18(24)22-17(19(25)26-2)11-13-7-9-14(20)10-8-13/h3-10,17H,11H2,1-2H3,(H,21,23)(H,22,24)/t17-/m1/s1. The second-order valence-corrected chi connectivity index (χ2v) is 6.85. The molecule has 0 aliphatic heterocycles. The van der Waals surface area contributed by atoms with Crippen molar-refractivity contribution in [2.24, 2.45) is 0 Å². The van der Waals surface area contributed by atoms with E-state index < -0.39 is 17.9 Å². The number of carbonyl (C=O) groups is 3. The zero-order chi connectivity index (χ0) is 19.1. The van der Waals surface area contributed by atoms with Crippen molar-refractivity contribution in [3.63, 3.8) is 0 Å². The Morgan fingerprint density at radius 2 is 1.73 bits per heavy atom. The summed E-state index contributed by atoms with van der Waals surface area (Å²) in [5.41, 5.74) is 1.56. The van der Waals surface area contributed by atoms with Crippen molar-refractivity contribution in [1.82, 2.24) is 5.32 Å². The van der Waals surface area contributed by atoms with Crippen molar-refractivity contribution in [3.8, 4) is 0 Å². The Balaban J connectivity index is 2.20. The van der Waals surface area contributed by atoms with E-state index in [0.29, 0.717) is 12.1 Å². The molecule has 0 saturated heterocycles. The molecule has 2 rings (SSSR count). The molecule has 0 heterocycles. The number of methoxy groups -OCH3 is 1. The van der Waals surface area contributed by atoms with E-state index in [0.717, 1.165) is 9.13 Å². The average Bonchev–Trinajstić information content (AvgIpc) is 2.62. The van der Waals surface area contributed by atoms with Crippen LogP contribution in [0.1, 0.15) is 22.8 Å². The van der Waals surface area contributed by atoms with E-state index in [-0.39, 0.29) is 11.5 Å². The summed E-state index contributed by atoms with van der Waals surface area (Å²) in [5.74, 6) is -1.28. The highest BCUT2D eigenvalue weighted by Crippen LogP contribution is 2.16. The van der Waals surface area contributed by atoms with Gasteiger partial charge in [-0.05, 0) is 52.4 Å². The minimum atomic E-state index is -0.835. The maximum atomic E-state index is 12.7. The summed E-state index contributed by atoms with van der Waals surface area (Å²) in [6.45, 7) is 1.36. The van der Waals surface area contributed by atoms with Gasteiger partial charge in [-0.25, -0.2) is 4.79 Å². The minimum absolute atomic E-state index is 0.277. The first-order valence-electron chi connectivity index (χ1n) is 7.90. The zero-order valence-electron chi connectivity index (χ0n) is 14.4. The van der Waals surface area contributed by atoms with Gasteiger partial charge in [-0.15, -0.1) is 0 Å². The van der Waals surface area contributed by atoms with Crippen LogP contribution in [0.15, 0.2) is 48.5 Å². The fourth-order valence-electron chi connectivity index (χ4n) is 2.41. The number of hydrogen-bond acceptors (Lipinski definition) is 4. The molecule has 2 N–H and O–H groups in total. The Hall–Kier alpha value is -2.42. The lowest BCUT2D eigenvalue weighted by atomic mass is 10.0. The summed E-state index contributed by atoms with van der Waals surface area (Å²) >= 11 is 2.20. The van der Waals surface area contributed by atoms with Crippen molar-refractivity contribution in [3.05, 3.63) is 63.2 Å². The molecule has 136 valence electrons. The van der Waals surface area contributed by atoms with Crippen molar-refractivity contribution < 1.29 is 19.1 Å². The summed E-state index contributed by atoms with van der Waals surface area (Å²) in [6, 6.07) is 13.4. The summed E-state index contributed by atoms with van der Waals surface area (Å²) in [5, 5.41) is 5.30. The van der Waals surface area contributed by atoms with E-state index in [9.17, 15) is 14.4 Å². The van der Waals surface area contributed by atoms with Crippen molar-refractivity contribution in [2.75, 3.05) is 12.4 Å². The fourth-order valence-corrected chi connectivity index (χ4v) is 2.77. The molecule has 0 fully saturated rings. The van der Waals surface area contributed by atoms with Crippen LogP contribution in [0.5, 0.6) is 0 Å². The maximum absolute atomic E-state index is 12.7. The second kappa shape index (κ2) is 9.33. The molecule has 2 amide bonds. The zero-order valence-corrected chi connectivity index (χ0v) is 16.6. The molecule has 2 aromatic rings. The first kappa shape index (κ1) is 19.9. The SMILES string of the molecule is COC(=O)[C@@H](Cc1ccc(I)cc1)NC(=O)c1ccccc1NC(C)=O. The van der Waals surface area contributed by atoms with Crippen molar-refractivity contribution in [1.29, 1.82) is 0 Å². The van der Waals surface area contributed by atoms with Gasteiger partial charge in [0.25, 0.3) is 5.91 Å². The summed E-state index contributed by atoms with van der Waals surface area (Å²) in [7, 11) is 1.28. The topological polar surface area (TPSA) is 84.5 Å². The molecule has 0 aliphatic carbocycles. The van der Waals surface area contributed by atoms with E-state index in [1.54, 1.807) is 24.3 Å². The van der Waals surface area contributed by atoms with Gasteiger partial charge in [0.15, 0.2) is 0 Å². The van der Waals surface area contributed by atoms with Gasteiger partial charge >= 0.3 is 5.97 Å². The van der Waals surface area contributed by atoms with Crippen molar-refractivity contribution in [2.45, 2.75) is 19.4 Å². The van der Waals surface area contributed by atoms with Gasteiger partial charge < -0.3 is 15.4 Å². The number of ether oxygens (including phenoxy) is 1. The number of rotatable bonds is 6. The van der Waals surface area contributed by atoms with E-state index >= 15 is 0 Å². The number of carbonyl (C=O) groups excluding carboxylic acids is 3. The van der Waals surface area contributed by atoms with Crippen LogP contribution in [0.4, 0.5) is 5.69 Å². The maximum Gasteiger partial charge on any atom is 0.328 e. The van der Waals surface area contributed by atoms with Gasteiger partial charge in [0.05, 0.1) is 18.4 Å². The van der Waals surface area contributed by atoms with Gasteiger partial charge in [0, 0.05) is 16.9 Å². The second-order valence-electron chi connectivity index (χ2n) is 5.61. The highest BCUT2D eigenvalue weighted by Gasteiger charge is 2.23. The third-order valence-electron chi connectivity index (χ3n) is 3.63. The molecular formula is C19H19IN2O4. The number of esters is 1. The van der Waals surface area contributed by atoms with Crippen molar-refractivity contribution >= 4 is 46.1 Å². The van der Waals surface area contributed by atoms with Gasteiger partial charge in [-0.1, -0.05) is 24.3 Å².